The average Bonchev–Trinajstić information content (AvgIpc) is 3.12. The van der Waals surface area contributed by atoms with E-state index in [-0.39, 0.29) is 16.6 Å². The van der Waals surface area contributed by atoms with Crippen molar-refractivity contribution < 1.29 is 14.3 Å². The molecule has 0 unspecified atom stereocenters. The zero-order valence-electron chi connectivity index (χ0n) is 8.99. The Morgan fingerprint density at radius 2 is 2.06 bits per heavy atom. The number of carbonyl (C=O) groups excluding carboxylic acids is 1. The van der Waals surface area contributed by atoms with Crippen LogP contribution in [0.25, 0.3) is 0 Å². The highest BCUT2D eigenvalue weighted by Gasteiger charge is 2.30. The molecule has 0 bridgehead atoms. The van der Waals surface area contributed by atoms with Gasteiger partial charge in [-0.15, -0.1) is 0 Å². The molecule has 0 N–H and O–H groups in total. The van der Waals surface area contributed by atoms with E-state index in [2.05, 4.69) is 14.7 Å². The Morgan fingerprint density at radius 1 is 1.38 bits per heavy atom. The number of hydrogen-bond donors (Lipinski definition) is 0. The van der Waals surface area contributed by atoms with Crippen LogP contribution in [0.1, 0.15) is 35.1 Å². The maximum Gasteiger partial charge on any atom is 0.358 e. The SMILES string of the molecule is COC(=O)c1nc(C2CC2)nc(OC)c1Cl. The van der Waals surface area contributed by atoms with Crippen LogP contribution in [0.3, 0.4) is 0 Å². The molecule has 0 atom stereocenters. The summed E-state index contributed by atoms with van der Waals surface area (Å²) in [6.45, 7) is 0. The zero-order valence-corrected chi connectivity index (χ0v) is 9.74. The Bertz CT molecular complexity index is 432. The molecule has 1 aliphatic carbocycles. The van der Waals surface area contributed by atoms with Crippen molar-refractivity contribution in [2.45, 2.75) is 18.8 Å². The topological polar surface area (TPSA) is 61.3 Å². The Labute approximate surface area is 97.7 Å². The first-order valence-corrected chi connectivity index (χ1v) is 5.25. The lowest BCUT2D eigenvalue weighted by Gasteiger charge is -2.08. The standard InChI is InChI=1S/C10H11ClN2O3/c1-15-9-6(11)7(10(14)16-2)12-8(13-9)5-3-4-5/h5H,3-4H2,1-2H3. The number of ether oxygens (including phenoxy) is 2. The second-order valence-corrected chi connectivity index (χ2v) is 3.90. The summed E-state index contributed by atoms with van der Waals surface area (Å²) in [5.74, 6) is 0.558. The summed E-state index contributed by atoms with van der Waals surface area (Å²) in [5, 5.41) is 0.0961. The van der Waals surface area contributed by atoms with Crippen LogP contribution in [-0.4, -0.2) is 30.2 Å². The van der Waals surface area contributed by atoms with Gasteiger partial charge in [-0.05, 0) is 12.8 Å². The van der Waals surface area contributed by atoms with E-state index in [0.717, 1.165) is 12.8 Å². The van der Waals surface area contributed by atoms with Crippen molar-refractivity contribution in [2.24, 2.45) is 0 Å². The van der Waals surface area contributed by atoms with Crippen LogP contribution in [-0.2, 0) is 4.74 Å². The van der Waals surface area contributed by atoms with E-state index in [0.29, 0.717) is 11.7 Å². The molecule has 1 fully saturated rings. The van der Waals surface area contributed by atoms with Gasteiger partial charge in [0.2, 0.25) is 5.88 Å². The van der Waals surface area contributed by atoms with Gasteiger partial charge < -0.3 is 9.47 Å². The molecule has 1 heterocycles. The summed E-state index contributed by atoms with van der Waals surface area (Å²) < 4.78 is 9.61. The molecule has 5 nitrogen and oxygen atoms in total. The van der Waals surface area contributed by atoms with Gasteiger partial charge in [0, 0.05) is 5.92 Å². The molecule has 16 heavy (non-hydrogen) atoms. The maximum atomic E-state index is 11.4. The van der Waals surface area contributed by atoms with Crippen molar-refractivity contribution in [1.29, 1.82) is 0 Å². The summed E-state index contributed by atoms with van der Waals surface area (Å²) in [6, 6.07) is 0. The van der Waals surface area contributed by atoms with Crippen molar-refractivity contribution in [3.8, 4) is 5.88 Å². The van der Waals surface area contributed by atoms with Crippen LogP contribution in [0.5, 0.6) is 5.88 Å². The highest BCUT2D eigenvalue weighted by atomic mass is 35.5. The smallest absolute Gasteiger partial charge is 0.358 e. The van der Waals surface area contributed by atoms with Gasteiger partial charge in [-0.25, -0.2) is 9.78 Å². The highest BCUT2D eigenvalue weighted by Crippen LogP contribution is 2.40. The molecule has 1 aliphatic rings. The number of hydrogen-bond acceptors (Lipinski definition) is 5. The van der Waals surface area contributed by atoms with Crippen molar-refractivity contribution >= 4 is 17.6 Å². The van der Waals surface area contributed by atoms with E-state index in [1.54, 1.807) is 0 Å². The summed E-state index contributed by atoms with van der Waals surface area (Å²) >= 11 is 5.93. The van der Waals surface area contributed by atoms with E-state index in [9.17, 15) is 4.79 Å². The van der Waals surface area contributed by atoms with Crippen LogP contribution in [0.15, 0.2) is 0 Å². The minimum Gasteiger partial charge on any atom is -0.480 e. The number of aromatic nitrogens is 2. The largest absolute Gasteiger partial charge is 0.480 e. The van der Waals surface area contributed by atoms with E-state index < -0.39 is 5.97 Å². The fourth-order valence-electron chi connectivity index (χ4n) is 1.33. The molecular formula is C10H11ClN2O3. The van der Waals surface area contributed by atoms with Gasteiger partial charge in [0.25, 0.3) is 0 Å². The molecule has 0 aromatic carbocycles. The van der Waals surface area contributed by atoms with Crippen LogP contribution in [0, 0.1) is 0 Å². The minimum absolute atomic E-state index is 0.0675. The van der Waals surface area contributed by atoms with Gasteiger partial charge >= 0.3 is 5.97 Å². The summed E-state index contributed by atoms with van der Waals surface area (Å²) in [6.07, 6.45) is 2.07. The lowest BCUT2D eigenvalue weighted by Crippen LogP contribution is -2.10. The maximum absolute atomic E-state index is 11.4. The molecule has 0 aliphatic heterocycles. The van der Waals surface area contributed by atoms with Gasteiger partial charge in [0.15, 0.2) is 5.69 Å². The van der Waals surface area contributed by atoms with Crippen LogP contribution >= 0.6 is 11.6 Å². The third-order valence-electron chi connectivity index (χ3n) is 2.35. The highest BCUT2D eigenvalue weighted by molar-refractivity contribution is 6.34. The normalized spacial score (nSPS) is 14.7. The molecule has 6 heteroatoms. The van der Waals surface area contributed by atoms with Gasteiger partial charge in [-0.2, -0.15) is 4.98 Å². The second kappa shape index (κ2) is 4.25. The quantitative estimate of drug-likeness (QED) is 0.757. The van der Waals surface area contributed by atoms with Crippen LogP contribution in [0.2, 0.25) is 5.02 Å². The molecule has 0 radical (unpaired) electrons. The first-order chi connectivity index (χ1) is 7.67. The number of halogens is 1. The lowest BCUT2D eigenvalue weighted by molar-refractivity contribution is 0.0593. The fraction of sp³-hybridized carbons (Fsp3) is 0.500. The van der Waals surface area contributed by atoms with Gasteiger partial charge in [-0.3, -0.25) is 0 Å². The van der Waals surface area contributed by atoms with E-state index in [1.807, 2.05) is 0 Å². The molecule has 2 rings (SSSR count). The monoisotopic (exact) mass is 242 g/mol. The van der Waals surface area contributed by atoms with E-state index in [1.165, 1.54) is 14.2 Å². The number of rotatable bonds is 3. The Hall–Kier alpha value is -1.36. The second-order valence-electron chi connectivity index (χ2n) is 3.52. The molecule has 1 aromatic rings. The average molecular weight is 243 g/mol. The number of methoxy groups -OCH3 is 2. The van der Waals surface area contributed by atoms with Crippen molar-refractivity contribution in [1.82, 2.24) is 9.97 Å². The van der Waals surface area contributed by atoms with Crippen LogP contribution in [0.4, 0.5) is 0 Å². The third-order valence-corrected chi connectivity index (χ3v) is 2.69. The van der Waals surface area contributed by atoms with E-state index in [4.69, 9.17) is 16.3 Å². The molecule has 1 saturated carbocycles. The molecule has 1 aromatic heterocycles. The zero-order chi connectivity index (χ0) is 11.7. The van der Waals surface area contributed by atoms with Gasteiger partial charge in [-0.1, -0.05) is 11.6 Å². The Morgan fingerprint density at radius 3 is 2.56 bits per heavy atom. The molecular weight excluding hydrogens is 232 g/mol. The summed E-state index contributed by atoms with van der Waals surface area (Å²) in [5.41, 5.74) is 0.0675. The Kier molecular flexibility index (Phi) is 2.96. The lowest BCUT2D eigenvalue weighted by atomic mass is 10.3. The first-order valence-electron chi connectivity index (χ1n) is 4.87. The number of nitrogens with zero attached hydrogens (tertiary/aromatic N) is 2. The van der Waals surface area contributed by atoms with Gasteiger partial charge in [0.05, 0.1) is 14.2 Å². The first kappa shape index (κ1) is 11.1. The Balaban J connectivity index is 2.48. The van der Waals surface area contributed by atoms with Crippen molar-refractivity contribution in [3.63, 3.8) is 0 Å². The molecule has 0 saturated heterocycles. The molecule has 0 amide bonds. The number of carbonyl (C=O) groups is 1. The predicted octanol–water partition coefficient (Wildman–Crippen LogP) is 1.80. The molecule has 86 valence electrons. The summed E-state index contributed by atoms with van der Waals surface area (Å²) in [4.78, 5) is 19.7. The van der Waals surface area contributed by atoms with Gasteiger partial charge in [0.1, 0.15) is 10.8 Å². The number of esters is 1. The van der Waals surface area contributed by atoms with Crippen LogP contribution < -0.4 is 4.74 Å². The van der Waals surface area contributed by atoms with E-state index >= 15 is 0 Å². The van der Waals surface area contributed by atoms with Crippen molar-refractivity contribution in [2.75, 3.05) is 14.2 Å². The predicted molar refractivity (Wildman–Crippen MR) is 56.9 cm³/mol. The minimum atomic E-state index is -0.576. The third kappa shape index (κ3) is 1.95. The molecule has 0 spiro atoms. The summed E-state index contributed by atoms with van der Waals surface area (Å²) in [7, 11) is 2.73. The van der Waals surface area contributed by atoms with Crippen molar-refractivity contribution in [3.05, 3.63) is 16.5 Å². The fourth-order valence-corrected chi connectivity index (χ4v) is 1.57.